The van der Waals surface area contributed by atoms with Crippen molar-refractivity contribution >= 4 is 17.0 Å². The second-order valence-corrected chi connectivity index (χ2v) is 4.95. The molecule has 2 aromatic rings. The first-order valence-electron chi connectivity index (χ1n) is 6.49. The lowest BCUT2D eigenvalue weighted by Crippen LogP contribution is -2.11. The van der Waals surface area contributed by atoms with Crippen molar-refractivity contribution in [2.24, 2.45) is 5.92 Å². The molecule has 0 saturated heterocycles. The number of imidazole rings is 1. The molecule has 1 heterocycles. The molecule has 0 saturated carbocycles. The third kappa shape index (κ3) is 3.17. The number of hydrogen-bond acceptors (Lipinski definition) is 4. The molecule has 0 aliphatic carbocycles. The molecule has 0 amide bonds. The van der Waals surface area contributed by atoms with Crippen LogP contribution in [0.1, 0.15) is 13.8 Å². The predicted molar refractivity (Wildman–Crippen MR) is 76.4 cm³/mol. The minimum Gasteiger partial charge on any atom is -0.497 e. The number of hydrogen-bond donors (Lipinski definition) is 1. The Morgan fingerprint density at radius 3 is 2.84 bits per heavy atom. The van der Waals surface area contributed by atoms with Crippen LogP contribution >= 0.6 is 0 Å². The van der Waals surface area contributed by atoms with E-state index in [1.807, 2.05) is 22.8 Å². The van der Waals surface area contributed by atoms with Crippen LogP contribution in [0.2, 0.25) is 0 Å². The molecule has 2 N–H and O–H groups in total. The summed E-state index contributed by atoms with van der Waals surface area (Å²) in [5.74, 6) is 1.84. The molecule has 19 heavy (non-hydrogen) atoms. The number of nitrogens with two attached hydrogens (primary N) is 1. The summed E-state index contributed by atoms with van der Waals surface area (Å²) in [7, 11) is 1.64. The van der Waals surface area contributed by atoms with Crippen molar-refractivity contribution in [3.8, 4) is 5.75 Å². The van der Waals surface area contributed by atoms with Gasteiger partial charge in [-0.05, 0) is 18.1 Å². The third-order valence-corrected chi connectivity index (χ3v) is 2.90. The monoisotopic (exact) mass is 263 g/mol. The van der Waals surface area contributed by atoms with E-state index in [1.165, 1.54) is 0 Å². The second-order valence-electron chi connectivity index (χ2n) is 4.95. The van der Waals surface area contributed by atoms with Gasteiger partial charge in [-0.25, -0.2) is 4.98 Å². The molecule has 0 fully saturated rings. The fourth-order valence-corrected chi connectivity index (χ4v) is 1.97. The molecule has 0 atom stereocenters. The fourth-order valence-electron chi connectivity index (χ4n) is 1.97. The average Bonchev–Trinajstić information content (AvgIpc) is 2.69. The predicted octanol–water partition coefficient (Wildman–Crippen LogP) is 2.30. The molecule has 0 radical (unpaired) electrons. The smallest absolute Gasteiger partial charge is 0.201 e. The van der Waals surface area contributed by atoms with E-state index < -0.39 is 0 Å². The largest absolute Gasteiger partial charge is 0.497 e. The van der Waals surface area contributed by atoms with E-state index in [9.17, 15) is 0 Å². The Morgan fingerprint density at radius 1 is 1.37 bits per heavy atom. The highest BCUT2D eigenvalue weighted by molar-refractivity contribution is 5.79. The van der Waals surface area contributed by atoms with Crippen LogP contribution in [0.5, 0.6) is 5.75 Å². The van der Waals surface area contributed by atoms with Crippen molar-refractivity contribution in [2.45, 2.75) is 20.4 Å². The highest BCUT2D eigenvalue weighted by atomic mass is 16.5. The number of aromatic nitrogens is 2. The van der Waals surface area contributed by atoms with Gasteiger partial charge in [0, 0.05) is 19.2 Å². The van der Waals surface area contributed by atoms with E-state index in [2.05, 4.69) is 18.8 Å². The van der Waals surface area contributed by atoms with Crippen LogP contribution in [0.15, 0.2) is 18.2 Å². The minimum absolute atomic E-state index is 0.511. The molecular weight excluding hydrogens is 242 g/mol. The number of nitrogens with zero attached hydrogens (tertiary/aromatic N) is 2. The van der Waals surface area contributed by atoms with Gasteiger partial charge in [-0.1, -0.05) is 13.8 Å². The molecule has 0 spiro atoms. The highest BCUT2D eigenvalue weighted by Gasteiger charge is 2.08. The lowest BCUT2D eigenvalue weighted by molar-refractivity contribution is 0.104. The molecule has 0 aliphatic heterocycles. The molecule has 1 aromatic heterocycles. The summed E-state index contributed by atoms with van der Waals surface area (Å²) in [5, 5.41) is 0. The summed E-state index contributed by atoms with van der Waals surface area (Å²) in [6.45, 7) is 6.38. The first kappa shape index (κ1) is 13.7. The zero-order valence-corrected chi connectivity index (χ0v) is 11.7. The van der Waals surface area contributed by atoms with Crippen molar-refractivity contribution < 1.29 is 9.47 Å². The summed E-state index contributed by atoms with van der Waals surface area (Å²) >= 11 is 0. The molecular formula is C14H21N3O2. The molecule has 0 aliphatic rings. The maximum absolute atomic E-state index is 5.94. The average molecular weight is 263 g/mol. The van der Waals surface area contributed by atoms with Gasteiger partial charge < -0.3 is 19.8 Å². The van der Waals surface area contributed by atoms with Crippen LogP contribution in [0.4, 0.5) is 5.95 Å². The van der Waals surface area contributed by atoms with Crippen LogP contribution in [-0.2, 0) is 11.3 Å². The van der Waals surface area contributed by atoms with Crippen molar-refractivity contribution in [3.63, 3.8) is 0 Å². The second kappa shape index (κ2) is 5.93. The number of methoxy groups -OCH3 is 1. The first-order chi connectivity index (χ1) is 9.11. The van der Waals surface area contributed by atoms with Gasteiger partial charge >= 0.3 is 0 Å². The van der Waals surface area contributed by atoms with Gasteiger partial charge in [0.05, 0.1) is 24.8 Å². The zero-order chi connectivity index (χ0) is 13.8. The van der Waals surface area contributed by atoms with Gasteiger partial charge in [-0.15, -0.1) is 0 Å². The van der Waals surface area contributed by atoms with Crippen LogP contribution in [0, 0.1) is 5.92 Å². The first-order valence-corrected chi connectivity index (χ1v) is 6.49. The Hall–Kier alpha value is -1.75. The van der Waals surface area contributed by atoms with Gasteiger partial charge in [0.2, 0.25) is 5.95 Å². The summed E-state index contributed by atoms with van der Waals surface area (Å²) < 4.78 is 12.7. The van der Waals surface area contributed by atoms with Crippen molar-refractivity contribution in [3.05, 3.63) is 18.2 Å². The molecule has 5 heteroatoms. The minimum atomic E-state index is 0.511. The summed E-state index contributed by atoms with van der Waals surface area (Å²) in [5.41, 5.74) is 7.80. The lowest BCUT2D eigenvalue weighted by atomic mass is 10.2. The van der Waals surface area contributed by atoms with Crippen molar-refractivity contribution in [1.82, 2.24) is 9.55 Å². The van der Waals surface area contributed by atoms with E-state index in [1.54, 1.807) is 7.11 Å². The maximum Gasteiger partial charge on any atom is 0.201 e. The molecule has 104 valence electrons. The van der Waals surface area contributed by atoms with E-state index in [-0.39, 0.29) is 0 Å². The van der Waals surface area contributed by atoms with E-state index in [0.29, 0.717) is 25.0 Å². The zero-order valence-electron chi connectivity index (χ0n) is 11.7. The number of anilines is 1. The Labute approximate surface area is 113 Å². The normalized spacial score (nSPS) is 11.4. The molecule has 0 bridgehead atoms. The maximum atomic E-state index is 5.94. The van der Waals surface area contributed by atoms with E-state index in [0.717, 1.165) is 23.4 Å². The number of benzene rings is 1. The summed E-state index contributed by atoms with van der Waals surface area (Å²) in [6.07, 6.45) is 0. The van der Waals surface area contributed by atoms with Crippen LogP contribution in [0.3, 0.4) is 0 Å². The Balaban J connectivity index is 2.12. The molecule has 5 nitrogen and oxygen atoms in total. The topological polar surface area (TPSA) is 62.3 Å². The standard InChI is InChI=1S/C14H21N3O2/c1-10(2)9-19-7-6-17-13-5-4-11(18-3)8-12(13)16-14(17)15/h4-5,8,10H,6-7,9H2,1-3H3,(H2,15,16). The van der Waals surface area contributed by atoms with Crippen molar-refractivity contribution in [1.29, 1.82) is 0 Å². The van der Waals surface area contributed by atoms with Crippen LogP contribution in [0.25, 0.3) is 11.0 Å². The number of nitrogen functional groups attached to an aromatic ring is 1. The van der Waals surface area contributed by atoms with Gasteiger partial charge in [-0.3, -0.25) is 0 Å². The van der Waals surface area contributed by atoms with Gasteiger partial charge in [0.1, 0.15) is 5.75 Å². The highest BCUT2D eigenvalue weighted by Crippen LogP contribution is 2.22. The van der Waals surface area contributed by atoms with E-state index in [4.69, 9.17) is 15.2 Å². The van der Waals surface area contributed by atoms with Gasteiger partial charge in [0.15, 0.2) is 0 Å². The molecule has 0 unspecified atom stereocenters. The van der Waals surface area contributed by atoms with Crippen LogP contribution < -0.4 is 10.5 Å². The van der Waals surface area contributed by atoms with Crippen molar-refractivity contribution in [2.75, 3.05) is 26.1 Å². The van der Waals surface area contributed by atoms with Gasteiger partial charge in [0.25, 0.3) is 0 Å². The summed E-state index contributed by atoms with van der Waals surface area (Å²) in [6, 6.07) is 5.77. The molecule has 1 aromatic carbocycles. The molecule has 2 rings (SSSR count). The Kier molecular flexibility index (Phi) is 4.27. The lowest BCUT2D eigenvalue weighted by Gasteiger charge is -2.09. The number of fused-ring (bicyclic) bond motifs is 1. The number of ether oxygens (including phenoxy) is 2. The quantitative estimate of drug-likeness (QED) is 0.812. The van der Waals surface area contributed by atoms with E-state index >= 15 is 0 Å². The Bertz CT molecular complexity index is 549. The SMILES string of the molecule is COc1ccc2c(c1)nc(N)n2CCOCC(C)C. The van der Waals surface area contributed by atoms with Gasteiger partial charge in [-0.2, -0.15) is 0 Å². The van der Waals surface area contributed by atoms with Crippen LogP contribution in [-0.4, -0.2) is 29.9 Å². The number of rotatable bonds is 6. The third-order valence-electron chi connectivity index (χ3n) is 2.90. The fraction of sp³-hybridized carbons (Fsp3) is 0.500. The Morgan fingerprint density at radius 2 is 2.16 bits per heavy atom. The summed E-state index contributed by atoms with van der Waals surface area (Å²) in [4.78, 5) is 4.34.